The van der Waals surface area contributed by atoms with Crippen molar-refractivity contribution in [1.82, 2.24) is 14.5 Å². The first-order chi connectivity index (χ1) is 27.1. The minimum Gasteiger partial charge on any atom is -0.355 e. The number of allylic oxidation sites excluding steroid dienone is 5. The van der Waals surface area contributed by atoms with E-state index >= 15 is 0 Å². The van der Waals surface area contributed by atoms with E-state index in [1.165, 1.54) is 27.1 Å². The number of rotatable bonds is 7. The van der Waals surface area contributed by atoms with Crippen LogP contribution in [0.15, 0.2) is 189 Å². The Morgan fingerprint density at radius 1 is 0.582 bits per heavy atom. The van der Waals surface area contributed by atoms with Gasteiger partial charge in [0.25, 0.3) is 0 Å². The van der Waals surface area contributed by atoms with E-state index in [-0.39, 0.29) is 0 Å². The lowest BCUT2D eigenvalue weighted by Crippen LogP contribution is -1.96. The van der Waals surface area contributed by atoms with Crippen LogP contribution in [0.1, 0.15) is 18.1 Å². The van der Waals surface area contributed by atoms with Gasteiger partial charge in [0, 0.05) is 67.3 Å². The monoisotopic (exact) mass is 704 g/mol. The van der Waals surface area contributed by atoms with Crippen molar-refractivity contribution in [2.75, 3.05) is 5.32 Å². The van der Waals surface area contributed by atoms with Gasteiger partial charge in [0.05, 0.1) is 22.1 Å². The summed E-state index contributed by atoms with van der Waals surface area (Å²) in [5.74, 6) is 0. The topological polar surface area (TPSA) is 42.7 Å². The molecular weight excluding hydrogens is 669 g/mol. The van der Waals surface area contributed by atoms with E-state index in [1.807, 2.05) is 30.6 Å². The fourth-order valence-electron chi connectivity index (χ4n) is 8.12. The van der Waals surface area contributed by atoms with Gasteiger partial charge < -0.3 is 9.88 Å². The van der Waals surface area contributed by atoms with Crippen LogP contribution in [0.4, 0.5) is 11.4 Å². The Morgan fingerprint density at radius 3 is 2.02 bits per heavy atom. The SMILES string of the molecule is C=C/C=C(\C=C(/C)c1ccccc1Nc1ccc2ccc3cccnc3c2c1)c1ccc2c(c1)c1ccccc1n2-c1ccc2ccc3cccnc3c2c1. The summed E-state index contributed by atoms with van der Waals surface area (Å²) in [4.78, 5) is 9.46. The molecule has 0 unspecified atom stereocenters. The summed E-state index contributed by atoms with van der Waals surface area (Å²) in [6, 6.07) is 54.0. The van der Waals surface area contributed by atoms with Crippen LogP contribution < -0.4 is 5.32 Å². The number of pyridine rings is 2. The Labute approximate surface area is 319 Å². The molecule has 3 aromatic heterocycles. The average Bonchev–Trinajstić information content (AvgIpc) is 3.57. The van der Waals surface area contributed by atoms with Crippen LogP contribution in [0.3, 0.4) is 0 Å². The van der Waals surface area contributed by atoms with E-state index in [0.29, 0.717) is 0 Å². The van der Waals surface area contributed by atoms with Gasteiger partial charge in [0.15, 0.2) is 0 Å². The van der Waals surface area contributed by atoms with Gasteiger partial charge in [-0.1, -0.05) is 116 Å². The van der Waals surface area contributed by atoms with Crippen LogP contribution in [-0.4, -0.2) is 14.5 Å². The summed E-state index contributed by atoms with van der Waals surface area (Å²) in [5, 5.41) is 13.0. The van der Waals surface area contributed by atoms with Crippen molar-refractivity contribution in [3.63, 3.8) is 0 Å². The third-order valence-corrected chi connectivity index (χ3v) is 10.7. The highest BCUT2D eigenvalue weighted by molar-refractivity contribution is 6.12. The molecule has 1 N–H and O–H groups in total. The van der Waals surface area contributed by atoms with Crippen LogP contribution in [0, 0.1) is 0 Å². The second kappa shape index (κ2) is 13.3. The first-order valence-electron chi connectivity index (χ1n) is 18.6. The molecule has 0 bridgehead atoms. The number of para-hydroxylation sites is 2. The lowest BCUT2D eigenvalue weighted by molar-refractivity contribution is 1.19. The third-order valence-electron chi connectivity index (χ3n) is 10.7. The number of hydrogen-bond donors (Lipinski definition) is 1. The van der Waals surface area contributed by atoms with Crippen molar-refractivity contribution >= 4 is 87.7 Å². The Balaban J connectivity index is 1.04. The molecule has 0 saturated heterocycles. The molecule has 0 radical (unpaired) electrons. The fraction of sp³-hybridized carbons (Fsp3) is 0.0196. The molecule has 0 saturated carbocycles. The molecule has 10 rings (SSSR count). The smallest absolute Gasteiger partial charge is 0.0781 e. The number of anilines is 2. The molecule has 4 heteroatoms. The molecule has 0 spiro atoms. The predicted molar refractivity (Wildman–Crippen MR) is 234 cm³/mol. The average molecular weight is 705 g/mol. The summed E-state index contributed by atoms with van der Waals surface area (Å²) >= 11 is 0. The minimum absolute atomic E-state index is 1.01. The molecule has 7 aromatic carbocycles. The van der Waals surface area contributed by atoms with Crippen molar-refractivity contribution in [3.8, 4) is 5.69 Å². The van der Waals surface area contributed by atoms with Crippen molar-refractivity contribution in [2.24, 2.45) is 0 Å². The zero-order valence-electron chi connectivity index (χ0n) is 30.4. The van der Waals surface area contributed by atoms with E-state index in [0.717, 1.165) is 77.4 Å². The van der Waals surface area contributed by atoms with E-state index in [9.17, 15) is 0 Å². The summed E-state index contributed by atoms with van der Waals surface area (Å²) in [6.07, 6.45) is 9.97. The minimum atomic E-state index is 1.01. The number of nitrogens with zero attached hydrogens (tertiary/aromatic N) is 3. The predicted octanol–water partition coefficient (Wildman–Crippen LogP) is 13.6. The van der Waals surface area contributed by atoms with Crippen molar-refractivity contribution in [3.05, 3.63) is 200 Å². The summed E-state index contributed by atoms with van der Waals surface area (Å²) < 4.78 is 2.38. The van der Waals surface area contributed by atoms with Crippen LogP contribution >= 0.6 is 0 Å². The highest BCUT2D eigenvalue weighted by atomic mass is 15.0. The second-order valence-corrected chi connectivity index (χ2v) is 14.1. The van der Waals surface area contributed by atoms with E-state index in [2.05, 4.69) is 175 Å². The summed E-state index contributed by atoms with van der Waals surface area (Å²) in [6.45, 7) is 6.27. The van der Waals surface area contributed by atoms with Crippen LogP contribution in [0.2, 0.25) is 0 Å². The molecule has 0 fully saturated rings. The highest BCUT2D eigenvalue weighted by Crippen LogP contribution is 2.37. The number of hydrogen-bond acceptors (Lipinski definition) is 3. The first kappa shape index (κ1) is 32.4. The lowest BCUT2D eigenvalue weighted by Gasteiger charge is -2.15. The van der Waals surface area contributed by atoms with Gasteiger partial charge in [-0.25, -0.2) is 0 Å². The van der Waals surface area contributed by atoms with Gasteiger partial charge in [-0.3, -0.25) is 9.97 Å². The van der Waals surface area contributed by atoms with Crippen molar-refractivity contribution < 1.29 is 0 Å². The lowest BCUT2D eigenvalue weighted by atomic mass is 9.97. The van der Waals surface area contributed by atoms with Crippen LogP contribution in [0.5, 0.6) is 0 Å². The number of nitrogens with one attached hydrogen (secondary N) is 1. The molecule has 260 valence electrons. The first-order valence-corrected chi connectivity index (χ1v) is 18.6. The molecule has 0 aliphatic heterocycles. The molecule has 10 aromatic rings. The molecule has 0 atom stereocenters. The van der Waals surface area contributed by atoms with Gasteiger partial charge in [0.2, 0.25) is 0 Å². The second-order valence-electron chi connectivity index (χ2n) is 14.1. The molecule has 4 nitrogen and oxygen atoms in total. The fourth-order valence-corrected chi connectivity index (χ4v) is 8.12. The molecule has 3 heterocycles. The summed E-state index contributed by atoms with van der Waals surface area (Å²) in [5.41, 5.74) is 12.0. The Hall–Kier alpha value is -7.30. The third kappa shape index (κ3) is 5.63. The maximum absolute atomic E-state index is 4.76. The number of fused-ring (bicyclic) bond motifs is 9. The molecule has 0 amide bonds. The van der Waals surface area contributed by atoms with Gasteiger partial charge in [-0.05, 0) is 95.1 Å². The maximum atomic E-state index is 4.76. The van der Waals surface area contributed by atoms with Gasteiger partial charge in [-0.15, -0.1) is 0 Å². The normalized spacial score (nSPS) is 12.4. The summed E-state index contributed by atoms with van der Waals surface area (Å²) in [7, 11) is 0. The Morgan fingerprint density at radius 2 is 1.24 bits per heavy atom. The molecule has 55 heavy (non-hydrogen) atoms. The standard InChI is InChI=1S/C51H36N4/c1-3-10-38(29-33(2)42-13-4-6-15-47(42)54-40-24-21-34-17-19-36-11-8-27-52-50(36)44(34)31-40)39-23-26-49-46(30-39)43-14-5-7-16-48(43)55(49)41-25-22-35-18-20-37-12-9-28-53-51(37)45(35)32-41/h3-32,54H,1H2,2H3/b33-29+,38-10+. The Kier molecular flexibility index (Phi) is 7.81. The van der Waals surface area contributed by atoms with Crippen molar-refractivity contribution in [1.29, 1.82) is 0 Å². The molecule has 0 aliphatic rings. The zero-order valence-corrected chi connectivity index (χ0v) is 30.4. The van der Waals surface area contributed by atoms with Gasteiger partial charge >= 0.3 is 0 Å². The van der Waals surface area contributed by atoms with E-state index in [4.69, 9.17) is 9.97 Å². The highest BCUT2D eigenvalue weighted by Gasteiger charge is 2.15. The van der Waals surface area contributed by atoms with Gasteiger partial charge in [-0.2, -0.15) is 0 Å². The van der Waals surface area contributed by atoms with Gasteiger partial charge in [0.1, 0.15) is 0 Å². The molecule has 0 aliphatic carbocycles. The zero-order chi connectivity index (χ0) is 36.9. The van der Waals surface area contributed by atoms with Crippen molar-refractivity contribution in [2.45, 2.75) is 6.92 Å². The largest absolute Gasteiger partial charge is 0.355 e. The van der Waals surface area contributed by atoms with E-state index < -0.39 is 0 Å². The quantitative estimate of drug-likeness (QED) is 0.133. The Bertz CT molecular complexity index is 3220. The van der Waals surface area contributed by atoms with E-state index in [1.54, 1.807) is 0 Å². The number of aromatic nitrogens is 3. The van der Waals surface area contributed by atoms with Crippen LogP contribution in [0.25, 0.3) is 82.0 Å². The van der Waals surface area contributed by atoms with Crippen LogP contribution in [-0.2, 0) is 0 Å². The number of benzene rings is 7. The maximum Gasteiger partial charge on any atom is 0.0781 e. The molecular formula is C51H36N4.